The average Bonchev–Trinajstić information content (AvgIpc) is 2.52. The molecule has 0 bridgehead atoms. The minimum atomic E-state index is -3.60. The Balaban J connectivity index is 2.18. The van der Waals surface area contributed by atoms with E-state index in [1.54, 1.807) is 12.1 Å². The Hall–Kier alpha value is -2.05. The van der Waals surface area contributed by atoms with E-state index in [-0.39, 0.29) is 13.1 Å². The molecule has 2 rings (SSSR count). The van der Waals surface area contributed by atoms with E-state index in [0.717, 1.165) is 27.3 Å². The van der Waals surface area contributed by atoms with Gasteiger partial charge in [0.15, 0.2) is 0 Å². The molecule has 7 heteroatoms. The molecule has 0 fully saturated rings. The van der Waals surface area contributed by atoms with Gasteiger partial charge in [0.25, 0.3) is 0 Å². The lowest BCUT2D eigenvalue weighted by Crippen LogP contribution is -2.40. The first-order chi connectivity index (χ1) is 11.7. The fraction of sp³-hybridized carbons (Fsp3) is 0.278. The van der Waals surface area contributed by atoms with Crippen molar-refractivity contribution in [3.05, 3.63) is 64.2 Å². The third-order valence-electron chi connectivity index (χ3n) is 3.81. The zero-order valence-electron chi connectivity index (χ0n) is 14.4. The number of sulfonamides is 1. The van der Waals surface area contributed by atoms with E-state index in [2.05, 4.69) is 5.32 Å². The standard InChI is InChI=1S/C18H21ClN2O3S/c1-13-7-6-8-14(2)18(13)21(25(3,23)24)12-17(22)20-11-15-9-4-5-10-16(15)19/h4-10H,11-12H2,1-3H3,(H,20,22). The van der Waals surface area contributed by atoms with E-state index in [4.69, 9.17) is 11.6 Å². The molecule has 2 aromatic carbocycles. The molecule has 0 atom stereocenters. The monoisotopic (exact) mass is 380 g/mol. The van der Waals surface area contributed by atoms with E-state index in [0.29, 0.717) is 10.7 Å². The molecule has 5 nitrogen and oxygen atoms in total. The van der Waals surface area contributed by atoms with Crippen LogP contribution < -0.4 is 9.62 Å². The van der Waals surface area contributed by atoms with Crippen LogP contribution in [0.15, 0.2) is 42.5 Å². The summed E-state index contributed by atoms with van der Waals surface area (Å²) in [7, 11) is -3.60. The molecule has 2 aromatic rings. The van der Waals surface area contributed by atoms with E-state index >= 15 is 0 Å². The molecule has 134 valence electrons. The fourth-order valence-corrected chi connectivity index (χ4v) is 3.76. The van der Waals surface area contributed by atoms with Crippen LogP contribution >= 0.6 is 11.6 Å². The third kappa shape index (κ3) is 4.96. The fourth-order valence-electron chi connectivity index (χ4n) is 2.58. The molecule has 0 aliphatic heterocycles. The average molecular weight is 381 g/mol. The minimum Gasteiger partial charge on any atom is -0.350 e. The molecule has 1 amide bonds. The maximum atomic E-state index is 12.3. The van der Waals surface area contributed by atoms with Crippen molar-refractivity contribution in [2.75, 3.05) is 17.1 Å². The predicted molar refractivity (Wildman–Crippen MR) is 101 cm³/mol. The van der Waals surface area contributed by atoms with Gasteiger partial charge in [-0.2, -0.15) is 0 Å². The number of nitrogens with zero attached hydrogens (tertiary/aromatic N) is 1. The second-order valence-corrected chi connectivity index (χ2v) is 8.19. The van der Waals surface area contributed by atoms with Gasteiger partial charge in [0.1, 0.15) is 6.54 Å². The molecule has 1 N–H and O–H groups in total. The first kappa shape index (κ1) is 19.3. The van der Waals surface area contributed by atoms with Crippen LogP contribution in [0.25, 0.3) is 0 Å². The lowest BCUT2D eigenvalue weighted by atomic mass is 10.1. The Morgan fingerprint density at radius 1 is 1.08 bits per heavy atom. The summed E-state index contributed by atoms with van der Waals surface area (Å²) < 4.78 is 25.6. The van der Waals surface area contributed by atoms with Gasteiger partial charge in [0.05, 0.1) is 11.9 Å². The van der Waals surface area contributed by atoms with Crippen LogP contribution in [0.1, 0.15) is 16.7 Å². The second kappa shape index (κ2) is 7.89. The van der Waals surface area contributed by atoms with Crippen molar-refractivity contribution in [2.45, 2.75) is 20.4 Å². The van der Waals surface area contributed by atoms with E-state index in [9.17, 15) is 13.2 Å². The van der Waals surface area contributed by atoms with Crippen molar-refractivity contribution in [2.24, 2.45) is 0 Å². The van der Waals surface area contributed by atoms with Crippen molar-refractivity contribution in [3.8, 4) is 0 Å². The predicted octanol–water partition coefficient (Wildman–Crippen LogP) is 3.04. The largest absolute Gasteiger partial charge is 0.350 e. The maximum Gasteiger partial charge on any atom is 0.241 e. The topological polar surface area (TPSA) is 66.5 Å². The molecule has 0 aliphatic rings. The first-order valence-electron chi connectivity index (χ1n) is 7.74. The highest BCUT2D eigenvalue weighted by Gasteiger charge is 2.23. The van der Waals surface area contributed by atoms with Crippen molar-refractivity contribution in [1.29, 1.82) is 0 Å². The van der Waals surface area contributed by atoms with Crippen LogP contribution in [-0.4, -0.2) is 27.1 Å². The Kier molecular flexibility index (Phi) is 6.08. The maximum absolute atomic E-state index is 12.3. The van der Waals surface area contributed by atoms with Crippen LogP contribution in [0.4, 0.5) is 5.69 Å². The van der Waals surface area contributed by atoms with Crippen LogP contribution in [0, 0.1) is 13.8 Å². The Bertz CT molecular complexity index is 861. The molecule has 0 unspecified atom stereocenters. The van der Waals surface area contributed by atoms with Crippen molar-refractivity contribution >= 4 is 33.2 Å². The molecule has 0 saturated carbocycles. The second-order valence-electron chi connectivity index (χ2n) is 5.88. The molecule has 0 spiro atoms. The summed E-state index contributed by atoms with van der Waals surface area (Å²) in [5.74, 6) is -0.395. The number of aryl methyl sites for hydroxylation is 2. The number of hydrogen-bond acceptors (Lipinski definition) is 3. The van der Waals surface area contributed by atoms with Gasteiger partial charge in [-0.15, -0.1) is 0 Å². The van der Waals surface area contributed by atoms with Gasteiger partial charge in [-0.1, -0.05) is 48.0 Å². The van der Waals surface area contributed by atoms with Crippen LogP contribution in [0.3, 0.4) is 0 Å². The third-order valence-corrected chi connectivity index (χ3v) is 5.29. The van der Waals surface area contributed by atoms with Gasteiger partial charge in [-0.3, -0.25) is 9.10 Å². The number of rotatable bonds is 6. The molecule has 0 radical (unpaired) electrons. The van der Waals surface area contributed by atoms with Crippen LogP contribution in [-0.2, 0) is 21.4 Å². The number of para-hydroxylation sites is 1. The summed E-state index contributed by atoms with van der Waals surface area (Å²) in [5, 5.41) is 3.27. The molecule has 0 heterocycles. The molecule has 0 saturated heterocycles. The molecular weight excluding hydrogens is 360 g/mol. The van der Waals surface area contributed by atoms with Gasteiger partial charge in [0, 0.05) is 11.6 Å². The highest BCUT2D eigenvalue weighted by Crippen LogP contribution is 2.26. The van der Waals surface area contributed by atoms with Crippen LogP contribution in [0.5, 0.6) is 0 Å². The molecule has 0 aromatic heterocycles. The zero-order valence-corrected chi connectivity index (χ0v) is 16.0. The highest BCUT2D eigenvalue weighted by atomic mass is 35.5. The van der Waals surface area contributed by atoms with Crippen molar-refractivity contribution in [3.63, 3.8) is 0 Å². The smallest absolute Gasteiger partial charge is 0.241 e. The van der Waals surface area contributed by atoms with Crippen molar-refractivity contribution < 1.29 is 13.2 Å². The Labute approximate surface area is 153 Å². The number of halogens is 1. The summed E-state index contributed by atoms with van der Waals surface area (Å²) in [6.07, 6.45) is 1.10. The normalized spacial score (nSPS) is 11.2. The first-order valence-corrected chi connectivity index (χ1v) is 9.97. The van der Waals surface area contributed by atoms with Gasteiger partial charge < -0.3 is 5.32 Å². The number of amides is 1. The Morgan fingerprint density at radius 3 is 2.24 bits per heavy atom. The summed E-state index contributed by atoms with van der Waals surface area (Å²) >= 11 is 6.07. The van der Waals surface area contributed by atoms with Gasteiger partial charge in [-0.25, -0.2) is 8.42 Å². The quantitative estimate of drug-likeness (QED) is 0.837. The number of nitrogens with one attached hydrogen (secondary N) is 1. The van der Waals surface area contributed by atoms with Crippen LogP contribution in [0.2, 0.25) is 5.02 Å². The number of carbonyl (C=O) groups excluding carboxylic acids is 1. The number of anilines is 1. The van der Waals surface area contributed by atoms with Gasteiger partial charge in [0.2, 0.25) is 15.9 Å². The summed E-state index contributed by atoms with van der Waals surface area (Å²) in [6.45, 7) is 3.60. The zero-order chi connectivity index (χ0) is 18.6. The number of benzene rings is 2. The number of hydrogen-bond donors (Lipinski definition) is 1. The molecule has 0 aliphatic carbocycles. The SMILES string of the molecule is Cc1cccc(C)c1N(CC(=O)NCc1ccccc1Cl)S(C)(=O)=O. The minimum absolute atomic E-state index is 0.239. The van der Waals surface area contributed by atoms with E-state index in [1.165, 1.54) is 0 Å². The van der Waals surface area contributed by atoms with E-state index < -0.39 is 15.9 Å². The summed E-state index contributed by atoms with van der Waals surface area (Å²) in [6, 6.07) is 12.7. The van der Waals surface area contributed by atoms with Gasteiger partial charge >= 0.3 is 0 Å². The van der Waals surface area contributed by atoms with Gasteiger partial charge in [-0.05, 0) is 36.6 Å². The summed E-state index contributed by atoms with van der Waals surface area (Å²) in [5.41, 5.74) is 2.90. The molecular formula is C18H21ClN2O3S. The Morgan fingerprint density at radius 2 is 1.68 bits per heavy atom. The lowest BCUT2D eigenvalue weighted by Gasteiger charge is -2.25. The lowest BCUT2D eigenvalue weighted by molar-refractivity contribution is -0.119. The summed E-state index contributed by atoms with van der Waals surface area (Å²) in [4.78, 5) is 12.3. The number of carbonyl (C=O) groups is 1. The molecule has 25 heavy (non-hydrogen) atoms. The van der Waals surface area contributed by atoms with E-state index in [1.807, 2.05) is 44.2 Å². The highest BCUT2D eigenvalue weighted by molar-refractivity contribution is 7.92. The van der Waals surface area contributed by atoms with Crippen molar-refractivity contribution in [1.82, 2.24) is 5.32 Å².